The molecule has 0 bridgehead atoms. The molecule has 5 nitrogen and oxygen atoms in total. The van der Waals surface area contributed by atoms with Gasteiger partial charge in [-0.3, -0.25) is 19.7 Å². The van der Waals surface area contributed by atoms with E-state index >= 15 is 0 Å². The molecule has 1 aliphatic rings. The minimum atomic E-state index is -0.518. The van der Waals surface area contributed by atoms with E-state index in [1.165, 1.54) is 75.0 Å². The van der Waals surface area contributed by atoms with Gasteiger partial charge in [-0.05, 0) is 68.1 Å². The molecule has 1 aromatic rings. The van der Waals surface area contributed by atoms with Gasteiger partial charge < -0.3 is 4.74 Å². The van der Waals surface area contributed by atoms with Gasteiger partial charge in [-0.2, -0.15) is 0 Å². The minimum Gasteiger partial charge on any atom is -0.461 e. The smallest absolute Gasteiger partial charge is 0.310 e. The quantitative estimate of drug-likeness (QED) is 0.0934. The Bertz CT molecular complexity index is 915. The maximum Gasteiger partial charge on any atom is 0.310 e. The first-order valence-corrected chi connectivity index (χ1v) is 13.6. The van der Waals surface area contributed by atoms with Crippen LogP contribution in [0.1, 0.15) is 100 Å². The van der Waals surface area contributed by atoms with E-state index in [4.69, 9.17) is 4.74 Å². The van der Waals surface area contributed by atoms with Crippen LogP contribution in [-0.2, 0) is 38.6 Å². The highest BCUT2D eigenvalue weighted by Gasteiger charge is 2.23. The summed E-state index contributed by atoms with van der Waals surface area (Å²) in [6.45, 7) is 7.75. The molecular weight excluding hydrogens is 450 g/mol. The van der Waals surface area contributed by atoms with Gasteiger partial charge in [0.2, 0.25) is 0 Å². The van der Waals surface area contributed by atoms with Crippen molar-refractivity contribution in [1.82, 2.24) is 5.32 Å². The Hall–Kier alpha value is -2.95. The molecule has 1 aromatic carbocycles. The van der Waals surface area contributed by atoms with E-state index in [2.05, 4.69) is 36.7 Å². The zero-order valence-electron chi connectivity index (χ0n) is 21.8. The molecule has 36 heavy (non-hydrogen) atoms. The van der Waals surface area contributed by atoms with Crippen LogP contribution in [0.3, 0.4) is 0 Å². The van der Waals surface area contributed by atoms with Crippen molar-refractivity contribution < 1.29 is 19.1 Å². The van der Waals surface area contributed by atoms with E-state index in [0.717, 1.165) is 37.7 Å². The lowest BCUT2D eigenvalue weighted by molar-refractivity contribution is -0.144. The molecule has 0 fully saturated rings. The summed E-state index contributed by atoms with van der Waals surface area (Å²) in [4.78, 5) is 35.2. The highest BCUT2D eigenvalue weighted by Crippen LogP contribution is 2.20. The van der Waals surface area contributed by atoms with E-state index < -0.39 is 17.8 Å². The Morgan fingerprint density at radius 1 is 0.806 bits per heavy atom. The third-order valence-corrected chi connectivity index (χ3v) is 6.56. The Morgan fingerprint density at radius 2 is 1.42 bits per heavy atom. The van der Waals surface area contributed by atoms with E-state index in [0.29, 0.717) is 0 Å². The highest BCUT2D eigenvalue weighted by molar-refractivity contribution is 6.17. The van der Waals surface area contributed by atoms with Gasteiger partial charge in [0.1, 0.15) is 6.61 Å². The largest absolute Gasteiger partial charge is 0.461 e. The molecule has 2 amide bonds. The van der Waals surface area contributed by atoms with Crippen LogP contribution in [0.15, 0.2) is 55.2 Å². The molecule has 0 spiro atoms. The molecule has 1 heterocycles. The Morgan fingerprint density at radius 3 is 2.03 bits per heavy atom. The Kier molecular flexibility index (Phi) is 14.2. The van der Waals surface area contributed by atoms with Gasteiger partial charge in [-0.1, -0.05) is 68.9 Å². The summed E-state index contributed by atoms with van der Waals surface area (Å²) in [5.74, 6) is -1.50. The lowest BCUT2D eigenvalue weighted by Crippen LogP contribution is -2.23. The first kappa shape index (κ1) is 29.3. The predicted molar refractivity (Wildman–Crippen MR) is 145 cm³/mol. The maximum atomic E-state index is 12.3. The lowest BCUT2D eigenvalue weighted by Gasteiger charge is -2.13. The SMILES string of the molecule is C=CCCCCCCCc1ccc(COC(=O)CC2=CC(=O)NC2=O)c(CCCCCCCC=C)c1. The number of imide groups is 1. The number of rotatable bonds is 20. The van der Waals surface area contributed by atoms with Crippen molar-refractivity contribution in [3.63, 3.8) is 0 Å². The molecule has 0 aromatic heterocycles. The molecule has 0 radical (unpaired) electrons. The summed E-state index contributed by atoms with van der Waals surface area (Å²) in [6.07, 6.45) is 21.3. The summed E-state index contributed by atoms with van der Waals surface area (Å²) in [5.41, 5.74) is 3.75. The summed E-state index contributed by atoms with van der Waals surface area (Å²) in [6, 6.07) is 6.51. The van der Waals surface area contributed by atoms with Crippen molar-refractivity contribution in [3.05, 3.63) is 71.8 Å². The molecular formula is C31H43NO4. The van der Waals surface area contributed by atoms with Crippen LogP contribution in [0.25, 0.3) is 0 Å². The van der Waals surface area contributed by atoms with Gasteiger partial charge in [-0.25, -0.2) is 0 Å². The lowest BCUT2D eigenvalue weighted by atomic mass is 9.96. The maximum absolute atomic E-state index is 12.3. The molecule has 196 valence electrons. The number of ether oxygens (including phenoxy) is 1. The van der Waals surface area contributed by atoms with Crippen molar-refractivity contribution in [3.8, 4) is 0 Å². The third-order valence-electron chi connectivity index (χ3n) is 6.56. The number of carbonyl (C=O) groups excluding carboxylic acids is 3. The second-order valence-electron chi connectivity index (χ2n) is 9.62. The molecule has 0 atom stereocenters. The summed E-state index contributed by atoms with van der Waals surface area (Å²) in [7, 11) is 0. The van der Waals surface area contributed by atoms with E-state index in [-0.39, 0.29) is 18.6 Å². The fraction of sp³-hybridized carbons (Fsp3) is 0.516. The van der Waals surface area contributed by atoms with Crippen LogP contribution >= 0.6 is 0 Å². The molecule has 2 rings (SSSR count). The molecule has 0 aliphatic carbocycles. The van der Waals surface area contributed by atoms with Gasteiger partial charge in [0.15, 0.2) is 0 Å². The van der Waals surface area contributed by atoms with E-state index in [9.17, 15) is 14.4 Å². The number of esters is 1. The predicted octanol–water partition coefficient (Wildman–Crippen LogP) is 6.84. The van der Waals surface area contributed by atoms with Crippen molar-refractivity contribution in [2.45, 2.75) is 103 Å². The van der Waals surface area contributed by atoms with E-state index in [1.54, 1.807) is 0 Å². The van der Waals surface area contributed by atoms with Gasteiger partial charge >= 0.3 is 5.97 Å². The molecule has 5 heteroatoms. The van der Waals surface area contributed by atoms with Crippen molar-refractivity contribution in [2.75, 3.05) is 0 Å². The number of unbranched alkanes of at least 4 members (excludes halogenated alkanes) is 10. The first-order valence-electron chi connectivity index (χ1n) is 13.6. The molecule has 0 unspecified atom stereocenters. The minimum absolute atomic E-state index is 0.154. The Labute approximate surface area is 217 Å². The standard InChI is InChI=1S/C31H43NO4/c1-3-5-7-9-11-13-15-17-25-19-20-27(26(21-25)18-16-14-12-10-8-6-4-2)24-36-30(34)23-28-22-29(33)32-31(28)35/h3-4,19-22H,1-2,5-18,23-24H2,(H,32,33,35). The molecule has 1 N–H and O–H groups in total. The van der Waals surface area contributed by atoms with Crippen LogP contribution < -0.4 is 5.32 Å². The first-order chi connectivity index (χ1) is 17.5. The zero-order chi connectivity index (χ0) is 26.0. The molecule has 0 saturated heterocycles. The Balaban J connectivity index is 1.88. The van der Waals surface area contributed by atoms with Gasteiger partial charge in [-0.15, -0.1) is 13.2 Å². The number of benzene rings is 1. The van der Waals surface area contributed by atoms with Crippen LogP contribution in [0.5, 0.6) is 0 Å². The number of carbonyl (C=O) groups is 3. The topological polar surface area (TPSA) is 72.5 Å². The average molecular weight is 494 g/mol. The molecule has 1 aliphatic heterocycles. The molecule has 0 saturated carbocycles. The second kappa shape index (κ2) is 17.5. The number of nitrogens with one attached hydrogen (secondary N) is 1. The van der Waals surface area contributed by atoms with Crippen LogP contribution in [-0.4, -0.2) is 17.8 Å². The van der Waals surface area contributed by atoms with Crippen molar-refractivity contribution in [2.24, 2.45) is 0 Å². The number of allylic oxidation sites excluding steroid dienone is 2. The van der Waals surface area contributed by atoms with Gasteiger partial charge in [0.25, 0.3) is 11.8 Å². The van der Waals surface area contributed by atoms with Gasteiger partial charge in [0, 0.05) is 11.6 Å². The average Bonchev–Trinajstić information content (AvgIpc) is 3.18. The number of hydrogen-bond acceptors (Lipinski definition) is 4. The third kappa shape index (κ3) is 11.7. The summed E-state index contributed by atoms with van der Waals surface area (Å²) < 4.78 is 5.48. The zero-order valence-corrected chi connectivity index (χ0v) is 21.8. The monoisotopic (exact) mass is 493 g/mol. The van der Waals surface area contributed by atoms with Crippen molar-refractivity contribution >= 4 is 17.8 Å². The van der Waals surface area contributed by atoms with Crippen molar-refractivity contribution in [1.29, 1.82) is 0 Å². The van der Waals surface area contributed by atoms with Gasteiger partial charge in [0.05, 0.1) is 6.42 Å². The van der Waals surface area contributed by atoms with Crippen LogP contribution in [0, 0.1) is 0 Å². The number of amides is 2. The number of aryl methyl sites for hydroxylation is 2. The fourth-order valence-corrected chi connectivity index (χ4v) is 4.44. The number of hydrogen-bond donors (Lipinski definition) is 1. The highest BCUT2D eigenvalue weighted by atomic mass is 16.5. The summed E-state index contributed by atoms with van der Waals surface area (Å²) >= 11 is 0. The van der Waals surface area contributed by atoms with E-state index in [1.807, 2.05) is 12.2 Å². The normalized spacial score (nSPS) is 12.8. The fourth-order valence-electron chi connectivity index (χ4n) is 4.44. The van der Waals surface area contributed by atoms with Crippen LogP contribution in [0.4, 0.5) is 0 Å². The van der Waals surface area contributed by atoms with Crippen LogP contribution in [0.2, 0.25) is 0 Å². The second-order valence-corrected chi connectivity index (χ2v) is 9.62. The summed E-state index contributed by atoms with van der Waals surface area (Å²) in [5, 5.41) is 2.15.